The Morgan fingerprint density at radius 1 is 1.41 bits per heavy atom. The van der Waals surface area contributed by atoms with Crippen molar-refractivity contribution in [2.24, 2.45) is 0 Å². The number of halogens is 2. The van der Waals surface area contributed by atoms with E-state index in [2.05, 4.69) is 10.1 Å². The van der Waals surface area contributed by atoms with Gasteiger partial charge in [0.15, 0.2) is 0 Å². The Bertz CT molecular complexity index is 378. The molecule has 94 valence electrons. The fourth-order valence-corrected chi connectivity index (χ4v) is 1.82. The lowest BCUT2D eigenvalue weighted by molar-refractivity contribution is -0.125. The Labute approximate surface area is 109 Å². The largest absolute Gasteiger partial charge is 0.387 e. The van der Waals surface area contributed by atoms with E-state index in [1.54, 1.807) is 18.2 Å². The van der Waals surface area contributed by atoms with E-state index in [0.29, 0.717) is 15.6 Å². The first-order valence-electron chi connectivity index (χ1n) is 4.92. The Balaban J connectivity index is 2.57. The first-order valence-corrected chi connectivity index (χ1v) is 5.68. The third kappa shape index (κ3) is 4.91. The van der Waals surface area contributed by atoms with Gasteiger partial charge in [0.1, 0.15) is 6.61 Å². The molecule has 1 aromatic carbocycles. The number of amides is 1. The molecule has 0 heterocycles. The maximum absolute atomic E-state index is 11.1. The van der Waals surface area contributed by atoms with Crippen molar-refractivity contribution >= 4 is 29.1 Å². The van der Waals surface area contributed by atoms with Gasteiger partial charge >= 0.3 is 0 Å². The van der Waals surface area contributed by atoms with Crippen LogP contribution in [0.3, 0.4) is 0 Å². The summed E-state index contributed by atoms with van der Waals surface area (Å²) in [5.74, 6) is -0.292. The molecule has 0 saturated carbocycles. The van der Waals surface area contributed by atoms with E-state index in [1.165, 1.54) is 7.11 Å². The van der Waals surface area contributed by atoms with Crippen LogP contribution >= 0.6 is 23.2 Å². The molecule has 0 aromatic heterocycles. The van der Waals surface area contributed by atoms with Crippen LogP contribution in [0.25, 0.3) is 0 Å². The molecule has 0 unspecified atom stereocenters. The van der Waals surface area contributed by atoms with Crippen LogP contribution in [0.5, 0.6) is 0 Å². The molecule has 2 N–H and O–H groups in total. The van der Waals surface area contributed by atoms with E-state index in [1.807, 2.05) is 0 Å². The van der Waals surface area contributed by atoms with Gasteiger partial charge in [-0.25, -0.2) is 0 Å². The van der Waals surface area contributed by atoms with E-state index in [4.69, 9.17) is 23.2 Å². The van der Waals surface area contributed by atoms with Crippen LogP contribution in [0.2, 0.25) is 10.0 Å². The zero-order valence-corrected chi connectivity index (χ0v) is 10.8. The highest BCUT2D eigenvalue weighted by Crippen LogP contribution is 2.23. The maximum atomic E-state index is 11.1. The molecular formula is C11H13Cl2NO3. The minimum Gasteiger partial charge on any atom is -0.387 e. The number of methoxy groups -OCH3 is 1. The highest BCUT2D eigenvalue weighted by atomic mass is 35.5. The van der Waals surface area contributed by atoms with Gasteiger partial charge < -0.3 is 15.2 Å². The number of hydrogen-bond donors (Lipinski definition) is 2. The van der Waals surface area contributed by atoms with Crippen LogP contribution in [0.1, 0.15) is 11.7 Å². The van der Waals surface area contributed by atoms with Gasteiger partial charge in [-0.1, -0.05) is 23.2 Å². The Kier molecular flexibility index (Phi) is 5.71. The predicted molar refractivity (Wildman–Crippen MR) is 66.3 cm³/mol. The second kappa shape index (κ2) is 6.81. The van der Waals surface area contributed by atoms with E-state index < -0.39 is 6.10 Å². The van der Waals surface area contributed by atoms with Gasteiger partial charge in [0, 0.05) is 23.7 Å². The fraction of sp³-hybridized carbons (Fsp3) is 0.364. The molecule has 6 heteroatoms. The van der Waals surface area contributed by atoms with Crippen molar-refractivity contribution in [2.75, 3.05) is 20.3 Å². The number of rotatable bonds is 5. The van der Waals surface area contributed by atoms with Gasteiger partial charge in [0.25, 0.3) is 0 Å². The summed E-state index contributed by atoms with van der Waals surface area (Å²) in [6, 6.07) is 4.77. The molecule has 0 aliphatic heterocycles. The molecule has 17 heavy (non-hydrogen) atoms. The van der Waals surface area contributed by atoms with Gasteiger partial charge in [-0.05, 0) is 23.8 Å². The second-order valence-corrected chi connectivity index (χ2v) is 4.33. The molecule has 1 atom stereocenters. The average Bonchev–Trinajstić information content (AvgIpc) is 2.25. The Morgan fingerprint density at radius 2 is 2.00 bits per heavy atom. The van der Waals surface area contributed by atoms with E-state index in [9.17, 15) is 9.90 Å². The van der Waals surface area contributed by atoms with Crippen LogP contribution in [-0.4, -0.2) is 31.3 Å². The van der Waals surface area contributed by atoms with Crippen LogP contribution in [0, 0.1) is 0 Å². The maximum Gasteiger partial charge on any atom is 0.246 e. The molecule has 0 spiro atoms. The van der Waals surface area contributed by atoms with Gasteiger partial charge in [0.05, 0.1) is 6.10 Å². The smallest absolute Gasteiger partial charge is 0.246 e. The highest BCUT2D eigenvalue weighted by molar-refractivity contribution is 6.34. The molecular weight excluding hydrogens is 265 g/mol. The van der Waals surface area contributed by atoms with Crippen molar-refractivity contribution < 1.29 is 14.6 Å². The lowest BCUT2D eigenvalue weighted by Crippen LogP contribution is -2.31. The lowest BCUT2D eigenvalue weighted by atomic mass is 10.1. The Morgan fingerprint density at radius 3 is 2.53 bits per heavy atom. The van der Waals surface area contributed by atoms with E-state index in [0.717, 1.165) is 0 Å². The van der Waals surface area contributed by atoms with Crippen molar-refractivity contribution in [3.8, 4) is 0 Å². The third-order valence-electron chi connectivity index (χ3n) is 2.04. The monoisotopic (exact) mass is 277 g/mol. The van der Waals surface area contributed by atoms with Gasteiger partial charge in [0.2, 0.25) is 5.91 Å². The van der Waals surface area contributed by atoms with Gasteiger partial charge in [-0.2, -0.15) is 0 Å². The first-order chi connectivity index (χ1) is 8.02. The quantitative estimate of drug-likeness (QED) is 0.863. The minimum absolute atomic E-state index is 0.0387. The van der Waals surface area contributed by atoms with Crippen molar-refractivity contribution in [2.45, 2.75) is 6.10 Å². The van der Waals surface area contributed by atoms with Gasteiger partial charge in [-0.15, -0.1) is 0 Å². The summed E-state index contributed by atoms with van der Waals surface area (Å²) >= 11 is 11.6. The topological polar surface area (TPSA) is 58.6 Å². The minimum atomic E-state index is -0.855. The van der Waals surface area contributed by atoms with Gasteiger partial charge in [-0.3, -0.25) is 4.79 Å². The van der Waals surface area contributed by atoms with Crippen molar-refractivity contribution in [3.63, 3.8) is 0 Å². The van der Waals surface area contributed by atoms with Crippen molar-refractivity contribution in [3.05, 3.63) is 33.8 Å². The molecule has 1 rings (SSSR count). The number of benzene rings is 1. The summed E-state index contributed by atoms with van der Waals surface area (Å²) < 4.78 is 4.64. The molecule has 0 radical (unpaired) electrons. The van der Waals surface area contributed by atoms with Crippen LogP contribution < -0.4 is 5.32 Å². The second-order valence-electron chi connectivity index (χ2n) is 3.46. The summed E-state index contributed by atoms with van der Waals surface area (Å²) in [4.78, 5) is 11.1. The number of aliphatic hydroxyl groups excluding tert-OH is 1. The van der Waals surface area contributed by atoms with Crippen LogP contribution in [0.15, 0.2) is 18.2 Å². The number of carbonyl (C=O) groups is 1. The van der Waals surface area contributed by atoms with Crippen LogP contribution in [0.4, 0.5) is 0 Å². The zero-order chi connectivity index (χ0) is 12.8. The summed E-state index contributed by atoms with van der Waals surface area (Å²) in [7, 11) is 1.42. The molecule has 0 bridgehead atoms. The third-order valence-corrected chi connectivity index (χ3v) is 2.47. The number of nitrogens with one attached hydrogen (secondary N) is 1. The number of ether oxygens (including phenoxy) is 1. The predicted octanol–water partition coefficient (Wildman–Crippen LogP) is 1.79. The number of aliphatic hydroxyl groups is 1. The number of carbonyl (C=O) groups excluding carboxylic acids is 1. The highest BCUT2D eigenvalue weighted by Gasteiger charge is 2.10. The Hall–Kier alpha value is -0.810. The van der Waals surface area contributed by atoms with E-state index >= 15 is 0 Å². The summed E-state index contributed by atoms with van der Waals surface area (Å²) in [5, 5.41) is 13.2. The normalized spacial score (nSPS) is 12.2. The van der Waals surface area contributed by atoms with Crippen molar-refractivity contribution in [1.82, 2.24) is 5.32 Å². The molecule has 0 saturated heterocycles. The summed E-state index contributed by atoms with van der Waals surface area (Å²) in [6.45, 7) is 0.0435. The first kappa shape index (κ1) is 14.3. The summed E-state index contributed by atoms with van der Waals surface area (Å²) in [5.41, 5.74) is 0.556. The zero-order valence-electron chi connectivity index (χ0n) is 9.24. The number of hydrogen-bond acceptors (Lipinski definition) is 3. The average molecular weight is 278 g/mol. The standard InChI is InChI=1S/C11H13Cl2NO3/c1-17-6-11(16)14-5-10(15)7-2-8(12)4-9(13)3-7/h2-4,10,15H,5-6H2,1H3,(H,14,16)/t10-/m1/s1. The molecule has 1 aromatic rings. The van der Waals surface area contributed by atoms with Crippen LogP contribution in [-0.2, 0) is 9.53 Å². The fourth-order valence-electron chi connectivity index (χ4n) is 1.28. The molecule has 4 nitrogen and oxygen atoms in total. The SMILES string of the molecule is COCC(=O)NC[C@@H](O)c1cc(Cl)cc(Cl)c1. The molecule has 0 aliphatic rings. The molecule has 0 aliphatic carbocycles. The summed E-state index contributed by atoms with van der Waals surface area (Å²) in [6.07, 6.45) is -0.855. The van der Waals surface area contributed by atoms with Crippen molar-refractivity contribution in [1.29, 1.82) is 0 Å². The van der Waals surface area contributed by atoms with E-state index in [-0.39, 0.29) is 19.1 Å². The lowest BCUT2D eigenvalue weighted by Gasteiger charge is -2.12. The molecule has 1 amide bonds. The molecule has 0 fully saturated rings.